The van der Waals surface area contributed by atoms with Crippen molar-refractivity contribution in [2.45, 2.75) is 12.7 Å². The minimum atomic E-state index is -4.38. The topological polar surface area (TPSA) is 43.8 Å². The van der Waals surface area contributed by atoms with Gasteiger partial charge in [0.1, 0.15) is 4.99 Å². The van der Waals surface area contributed by atoms with Crippen LogP contribution in [0, 0.1) is 0 Å². The number of halogens is 3. The molecule has 7 heteroatoms. The van der Waals surface area contributed by atoms with Gasteiger partial charge in [0.15, 0.2) is 0 Å². The van der Waals surface area contributed by atoms with Gasteiger partial charge in [-0.3, -0.25) is 4.68 Å². The zero-order valence-electron chi connectivity index (χ0n) is 9.69. The maximum absolute atomic E-state index is 12.4. The van der Waals surface area contributed by atoms with Gasteiger partial charge in [-0.25, -0.2) is 0 Å². The van der Waals surface area contributed by atoms with Crippen LogP contribution in [0.1, 0.15) is 16.7 Å². The lowest BCUT2D eigenvalue weighted by atomic mass is 10.1. The van der Waals surface area contributed by atoms with Crippen molar-refractivity contribution in [3.05, 3.63) is 53.3 Å². The third kappa shape index (κ3) is 3.31. The van der Waals surface area contributed by atoms with E-state index in [-0.39, 0.29) is 11.5 Å². The molecule has 19 heavy (non-hydrogen) atoms. The molecule has 0 unspecified atom stereocenters. The molecular weight excluding hydrogens is 275 g/mol. The molecule has 0 aliphatic carbocycles. The van der Waals surface area contributed by atoms with Gasteiger partial charge in [-0.2, -0.15) is 18.3 Å². The van der Waals surface area contributed by atoms with E-state index in [1.165, 1.54) is 4.68 Å². The Kier molecular flexibility index (Phi) is 3.57. The monoisotopic (exact) mass is 285 g/mol. The molecule has 0 radical (unpaired) electrons. The summed E-state index contributed by atoms with van der Waals surface area (Å²) in [5, 5.41) is 3.69. The van der Waals surface area contributed by atoms with E-state index in [9.17, 15) is 13.2 Å². The van der Waals surface area contributed by atoms with E-state index in [4.69, 9.17) is 18.0 Å². The van der Waals surface area contributed by atoms with Gasteiger partial charge >= 0.3 is 6.18 Å². The van der Waals surface area contributed by atoms with Gasteiger partial charge in [-0.05, 0) is 11.6 Å². The molecule has 0 saturated carbocycles. The van der Waals surface area contributed by atoms with Gasteiger partial charge in [0.2, 0.25) is 0 Å². The van der Waals surface area contributed by atoms with Crippen LogP contribution in [0.5, 0.6) is 0 Å². The van der Waals surface area contributed by atoms with Crippen molar-refractivity contribution in [2.24, 2.45) is 5.73 Å². The number of hydrogen-bond acceptors (Lipinski definition) is 2. The third-order valence-electron chi connectivity index (χ3n) is 2.52. The average molecular weight is 285 g/mol. The first-order chi connectivity index (χ1) is 8.86. The standard InChI is InChI=1S/C12H10F3N3S/c13-12(14,15)10-5-17-18(7-10)6-8-2-1-3-9(4-8)11(16)19/h1-5,7H,6H2,(H2,16,19). The van der Waals surface area contributed by atoms with E-state index >= 15 is 0 Å². The summed E-state index contributed by atoms with van der Waals surface area (Å²) in [7, 11) is 0. The number of nitrogens with zero attached hydrogens (tertiary/aromatic N) is 2. The van der Waals surface area contributed by atoms with Crippen LogP contribution in [0.25, 0.3) is 0 Å². The quantitative estimate of drug-likeness (QED) is 0.882. The second kappa shape index (κ2) is 5.00. The van der Waals surface area contributed by atoms with Crippen LogP contribution in [0.4, 0.5) is 13.2 Å². The lowest BCUT2D eigenvalue weighted by molar-refractivity contribution is -0.137. The lowest BCUT2D eigenvalue weighted by Gasteiger charge is -2.05. The fraction of sp³-hybridized carbons (Fsp3) is 0.167. The molecular formula is C12H10F3N3S. The highest BCUT2D eigenvalue weighted by molar-refractivity contribution is 7.80. The van der Waals surface area contributed by atoms with Crippen molar-refractivity contribution in [2.75, 3.05) is 0 Å². The summed E-state index contributed by atoms with van der Waals surface area (Å²) >= 11 is 4.85. The van der Waals surface area contributed by atoms with E-state index in [0.717, 1.165) is 18.0 Å². The molecule has 0 aliphatic rings. The highest BCUT2D eigenvalue weighted by Crippen LogP contribution is 2.28. The number of benzene rings is 1. The van der Waals surface area contributed by atoms with Crippen LogP contribution in [0.3, 0.4) is 0 Å². The smallest absolute Gasteiger partial charge is 0.389 e. The Bertz CT molecular complexity index is 604. The van der Waals surface area contributed by atoms with Gasteiger partial charge in [-0.15, -0.1) is 0 Å². The molecule has 0 amide bonds. The molecule has 3 nitrogen and oxygen atoms in total. The van der Waals surface area contributed by atoms with Crippen molar-refractivity contribution < 1.29 is 13.2 Å². The SMILES string of the molecule is NC(=S)c1cccc(Cn2cc(C(F)(F)F)cn2)c1. The van der Waals surface area contributed by atoms with Crippen LogP contribution >= 0.6 is 12.2 Å². The minimum Gasteiger partial charge on any atom is -0.389 e. The predicted octanol–water partition coefficient (Wildman–Crippen LogP) is 2.58. The minimum absolute atomic E-state index is 0.229. The Morgan fingerprint density at radius 3 is 2.68 bits per heavy atom. The Morgan fingerprint density at radius 2 is 2.11 bits per heavy atom. The Labute approximate surface area is 112 Å². The van der Waals surface area contributed by atoms with Crippen molar-refractivity contribution in [1.82, 2.24) is 9.78 Å². The zero-order chi connectivity index (χ0) is 14.0. The molecule has 0 atom stereocenters. The van der Waals surface area contributed by atoms with Gasteiger partial charge < -0.3 is 5.73 Å². The highest BCUT2D eigenvalue weighted by Gasteiger charge is 2.32. The predicted molar refractivity (Wildman–Crippen MR) is 68.7 cm³/mol. The van der Waals surface area contributed by atoms with Crippen LogP contribution in [0.2, 0.25) is 0 Å². The first-order valence-electron chi connectivity index (χ1n) is 5.34. The van der Waals surface area contributed by atoms with Gasteiger partial charge in [0.25, 0.3) is 0 Å². The summed E-state index contributed by atoms with van der Waals surface area (Å²) in [4.78, 5) is 0.248. The van der Waals surface area contributed by atoms with Crippen molar-refractivity contribution in [1.29, 1.82) is 0 Å². The van der Waals surface area contributed by atoms with Crippen LogP contribution in [-0.2, 0) is 12.7 Å². The zero-order valence-corrected chi connectivity index (χ0v) is 10.5. The molecule has 0 aliphatic heterocycles. The first-order valence-corrected chi connectivity index (χ1v) is 5.75. The van der Waals surface area contributed by atoms with E-state index in [2.05, 4.69) is 5.10 Å². The molecule has 2 rings (SSSR count). The number of aromatic nitrogens is 2. The highest BCUT2D eigenvalue weighted by atomic mass is 32.1. The second-order valence-electron chi connectivity index (χ2n) is 3.99. The first kappa shape index (κ1) is 13.5. The Morgan fingerprint density at radius 1 is 1.37 bits per heavy atom. The molecule has 0 saturated heterocycles. The average Bonchev–Trinajstić information content (AvgIpc) is 2.77. The summed E-state index contributed by atoms with van der Waals surface area (Å²) in [5.74, 6) is 0. The van der Waals surface area contributed by atoms with E-state index in [1.54, 1.807) is 24.3 Å². The molecule has 0 fully saturated rings. The van der Waals surface area contributed by atoms with Gasteiger partial charge in [0, 0.05) is 11.8 Å². The third-order valence-corrected chi connectivity index (χ3v) is 2.75. The number of nitrogens with two attached hydrogens (primary N) is 1. The maximum atomic E-state index is 12.4. The summed E-state index contributed by atoms with van der Waals surface area (Å²) < 4.78 is 38.5. The summed E-state index contributed by atoms with van der Waals surface area (Å²) in [6.45, 7) is 0.229. The second-order valence-corrected chi connectivity index (χ2v) is 4.43. The molecule has 2 N–H and O–H groups in total. The van der Waals surface area contributed by atoms with E-state index in [1.807, 2.05) is 0 Å². The molecule has 0 spiro atoms. The van der Waals surface area contributed by atoms with Crippen LogP contribution in [0.15, 0.2) is 36.7 Å². The summed E-state index contributed by atoms with van der Waals surface area (Å²) in [5.41, 5.74) is 6.19. The molecule has 0 bridgehead atoms. The van der Waals surface area contributed by atoms with Gasteiger partial charge in [0.05, 0.1) is 18.3 Å². The molecule has 1 aromatic carbocycles. The number of rotatable bonds is 3. The Balaban J connectivity index is 2.19. The number of thiocarbonyl (C=S) groups is 1. The van der Waals surface area contributed by atoms with Crippen LogP contribution < -0.4 is 5.73 Å². The lowest BCUT2D eigenvalue weighted by Crippen LogP contribution is -2.10. The maximum Gasteiger partial charge on any atom is 0.419 e. The number of alkyl halides is 3. The van der Waals surface area contributed by atoms with Crippen molar-refractivity contribution in [3.8, 4) is 0 Å². The molecule has 100 valence electrons. The van der Waals surface area contributed by atoms with Crippen LogP contribution in [-0.4, -0.2) is 14.8 Å². The summed E-state index contributed by atoms with van der Waals surface area (Å²) in [6.07, 6.45) is -2.61. The summed E-state index contributed by atoms with van der Waals surface area (Å²) in [6, 6.07) is 7.00. The largest absolute Gasteiger partial charge is 0.419 e. The van der Waals surface area contributed by atoms with Gasteiger partial charge in [-0.1, -0.05) is 30.4 Å². The van der Waals surface area contributed by atoms with Crippen molar-refractivity contribution in [3.63, 3.8) is 0 Å². The molecule has 1 heterocycles. The van der Waals surface area contributed by atoms with E-state index < -0.39 is 11.7 Å². The number of hydrogen-bond donors (Lipinski definition) is 1. The normalized spacial score (nSPS) is 11.5. The van der Waals surface area contributed by atoms with E-state index in [0.29, 0.717) is 5.56 Å². The molecule has 1 aromatic heterocycles. The van der Waals surface area contributed by atoms with Crippen molar-refractivity contribution >= 4 is 17.2 Å². The fourth-order valence-corrected chi connectivity index (χ4v) is 1.73. The molecule has 2 aromatic rings. The fourth-order valence-electron chi connectivity index (χ4n) is 1.61. The Hall–Kier alpha value is -1.89.